The number of halogens is 1. The van der Waals surface area contributed by atoms with Gasteiger partial charge in [0.05, 0.1) is 12.5 Å². The predicted octanol–water partition coefficient (Wildman–Crippen LogP) is 2.98. The molecule has 5 heteroatoms. The van der Waals surface area contributed by atoms with E-state index in [1.807, 2.05) is 36.3 Å². The highest BCUT2D eigenvalue weighted by atomic mass is 35.5. The minimum atomic E-state index is 0.194. The molecule has 1 aromatic rings. The lowest BCUT2D eigenvalue weighted by atomic mass is 9.98. The Morgan fingerprint density at radius 2 is 1.79 bits per heavy atom. The maximum Gasteiger partial charge on any atom is 0.227 e. The van der Waals surface area contributed by atoms with E-state index in [-0.39, 0.29) is 5.91 Å². The fraction of sp³-hybridized carbons (Fsp3) is 0.632. The van der Waals surface area contributed by atoms with Crippen LogP contribution in [0, 0.1) is 0 Å². The van der Waals surface area contributed by atoms with Gasteiger partial charge in [-0.15, -0.1) is 0 Å². The number of hydrogen-bond donors (Lipinski definition) is 0. The molecule has 2 aliphatic rings. The topological polar surface area (TPSA) is 32.8 Å². The van der Waals surface area contributed by atoms with Crippen LogP contribution in [0.15, 0.2) is 24.3 Å². The summed E-state index contributed by atoms with van der Waals surface area (Å²) in [6, 6.07) is 8.23. The molecule has 3 rings (SSSR count). The van der Waals surface area contributed by atoms with E-state index in [4.69, 9.17) is 16.3 Å². The Balaban J connectivity index is 1.46. The van der Waals surface area contributed by atoms with Crippen LogP contribution in [0.25, 0.3) is 0 Å². The number of ether oxygens (including phenoxy) is 1. The van der Waals surface area contributed by atoms with Gasteiger partial charge in [0.15, 0.2) is 0 Å². The SMILES string of the molecule is COC1CCN(C2CCN(C(=O)Cc3ccccc3Cl)CC2)CC1. The Bertz CT molecular complexity index is 550. The zero-order valence-corrected chi connectivity index (χ0v) is 15.2. The fourth-order valence-corrected chi connectivity index (χ4v) is 4.08. The Kier molecular flexibility index (Phi) is 6.14. The molecule has 1 amide bonds. The summed E-state index contributed by atoms with van der Waals surface area (Å²) in [7, 11) is 1.81. The molecule has 0 N–H and O–H groups in total. The predicted molar refractivity (Wildman–Crippen MR) is 96.4 cm³/mol. The Labute approximate surface area is 149 Å². The second-order valence-electron chi connectivity index (χ2n) is 6.85. The Hall–Kier alpha value is -1.10. The highest BCUT2D eigenvalue weighted by Gasteiger charge is 2.29. The molecule has 2 aliphatic heterocycles. The summed E-state index contributed by atoms with van der Waals surface area (Å²) in [4.78, 5) is 17.1. The van der Waals surface area contributed by atoms with Crippen molar-refractivity contribution < 1.29 is 9.53 Å². The smallest absolute Gasteiger partial charge is 0.227 e. The average Bonchev–Trinajstić information content (AvgIpc) is 2.64. The van der Waals surface area contributed by atoms with E-state index in [9.17, 15) is 4.79 Å². The van der Waals surface area contributed by atoms with Gasteiger partial charge in [0.1, 0.15) is 0 Å². The molecule has 0 spiro atoms. The number of piperidine rings is 2. The van der Waals surface area contributed by atoms with Crippen LogP contribution in [0.5, 0.6) is 0 Å². The molecule has 2 fully saturated rings. The normalized spacial score (nSPS) is 21.2. The number of carbonyl (C=O) groups is 1. The Morgan fingerprint density at radius 1 is 1.12 bits per heavy atom. The first-order valence-electron chi connectivity index (χ1n) is 8.95. The molecule has 1 aromatic carbocycles. The van der Waals surface area contributed by atoms with E-state index in [1.54, 1.807) is 0 Å². The molecule has 132 valence electrons. The number of methoxy groups -OCH3 is 1. The maximum absolute atomic E-state index is 12.5. The van der Waals surface area contributed by atoms with Gasteiger partial charge >= 0.3 is 0 Å². The van der Waals surface area contributed by atoms with Crippen LogP contribution in [-0.4, -0.2) is 61.1 Å². The van der Waals surface area contributed by atoms with Crippen LogP contribution in [0.1, 0.15) is 31.2 Å². The number of benzene rings is 1. The van der Waals surface area contributed by atoms with E-state index in [0.717, 1.165) is 57.4 Å². The van der Waals surface area contributed by atoms with Crippen LogP contribution in [-0.2, 0) is 16.0 Å². The van der Waals surface area contributed by atoms with Gasteiger partial charge < -0.3 is 14.5 Å². The van der Waals surface area contributed by atoms with E-state index >= 15 is 0 Å². The third-order valence-corrected chi connectivity index (χ3v) is 5.81. The molecule has 4 nitrogen and oxygen atoms in total. The van der Waals surface area contributed by atoms with Crippen LogP contribution < -0.4 is 0 Å². The first-order valence-corrected chi connectivity index (χ1v) is 9.33. The second kappa shape index (κ2) is 8.32. The summed E-state index contributed by atoms with van der Waals surface area (Å²) in [5, 5.41) is 0.682. The highest BCUT2D eigenvalue weighted by Crippen LogP contribution is 2.23. The summed E-state index contributed by atoms with van der Waals surface area (Å²) in [6.07, 6.45) is 5.24. The largest absolute Gasteiger partial charge is 0.381 e. The van der Waals surface area contributed by atoms with E-state index in [0.29, 0.717) is 23.6 Å². The van der Waals surface area contributed by atoms with Crippen molar-refractivity contribution in [1.29, 1.82) is 0 Å². The minimum Gasteiger partial charge on any atom is -0.381 e. The van der Waals surface area contributed by atoms with Gasteiger partial charge in [-0.25, -0.2) is 0 Å². The van der Waals surface area contributed by atoms with Gasteiger partial charge in [-0.05, 0) is 37.3 Å². The van der Waals surface area contributed by atoms with E-state index < -0.39 is 0 Å². The molecule has 0 aromatic heterocycles. The van der Waals surface area contributed by atoms with E-state index in [2.05, 4.69) is 4.90 Å². The zero-order chi connectivity index (χ0) is 16.9. The lowest BCUT2D eigenvalue weighted by molar-refractivity contribution is -0.132. The third kappa shape index (κ3) is 4.29. The monoisotopic (exact) mass is 350 g/mol. The molecule has 2 heterocycles. The number of amides is 1. The average molecular weight is 351 g/mol. The van der Waals surface area contributed by atoms with Gasteiger partial charge in [-0.3, -0.25) is 4.79 Å². The number of carbonyl (C=O) groups excluding carboxylic acids is 1. The molecule has 0 aliphatic carbocycles. The Morgan fingerprint density at radius 3 is 2.42 bits per heavy atom. The van der Waals surface area contributed by atoms with E-state index in [1.165, 1.54) is 0 Å². The third-order valence-electron chi connectivity index (χ3n) is 5.44. The lowest BCUT2D eigenvalue weighted by Crippen LogP contribution is -2.50. The number of hydrogen-bond acceptors (Lipinski definition) is 3. The molecule has 24 heavy (non-hydrogen) atoms. The first kappa shape index (κ1) is 17.7. The standard InChI is InChI=1S/C19H27ClN2O2/c1-24-17-8-12-21(13-9-17)16-6-10-22(11-7-16)19(23)14-15-4-2-3-5-18(15)20/h2-5,16-17H,6-14H2,1H3. The molecule has 0 saturated carbocycles. The first-order chi connectivity index (χ1) is 11.7. The van der Waals surface area contributed by atoms with Gasteiger partial charge in [-0.2, -0.15) is 0 Å². The summed E-state index contributed by atoms with van der Waals surface area (Å²) in [5.74, 6) is 0.194. The van der Waals surface area contributed by atoms with Crippen LogP contribution in [0.4, 0.5) is 0 Å². The second-order valence-corrected chi connectivity index (χ2v) is 7.26. The fourth-order valence-electron chi connectivity index (χ4n) is 3.87. The quantitative estimate of drug-likeness (QED) is 0.837. The van der Waals surface area contributed by atoms with Gasteiger partial charge in [0.2, 0.25) is 5.91 Å². The van der Waals surface area contributed by atoms with Crippen LogP contribution >= 0.6 is 11.6 Å². The highest BCUT2D eigenvalue weighted by molar-refractivity contribution is 6.31. The van der Waals surface area contributed by atoms with Gasteiger partial charge in [0, 0.05) is 44.4 Å². The van der Waals surface area contributed by atoms with Gasteiger partial charge in [0.25, 0.3) is 0 Å². The van der Waals surface area contributed by atoms with Crippen molar-refractivity contribution in [3.05, 3.63) is 34.9 Å². The minimum absolute atomic E-state index is 0.194. The molecule has 0 unspecified atom stereocenters. The van der Waals surface area contributed by atoms with Gasteiger partial charge in [-0.1, -0.05) is 29.8 Å². The summed E-state index contributed by atoms with van der Waals surface area (Å²) < 4.78 is 5.45. The van der Waals surface area contributed by atoms with Crippen LogP contribution in [0.2, 0.25) is 5.02 Å². The van der Waals surface area contributed by atoms with Crippen molar-refractivity contribution in [3.63, 3.8) is 0 Å². The number of likely N-dealkylation sites (tertiary alicyclic amines) is 2. The number of rotatable bonds is 4. The lowest BCUT2D eigenvalue weighted by Gasteiger charge is -2.41. The molecular formula is C19H27ClN2O2. The summed E-state index contributed by atoms with van der Waals surface area (Å²) in [6.45, 7) is 3.96. The molecule has 0 bridgehead atoms. The molecule has 0 radical (unpaired) electrons. The molecule has 0 atom stereocenters. The molecule has 2 saturated heterocycles. The van der Waals surface area contributed by atoms with Crippen molar-refractivity contribution in [2.24, 2.45) is 0 Å². The summed E-state index contributed by atoms with van der Waals surface area (Å²) in [5.41, 5.74) is 0.924. The maximum atomic E-state index is 12.5. The number of nitrogens with zero attached hydrogens (tertiary/aromatic N) is 2. The van der Waals surface area contributed by atoms with Crippen molar-refractivity contribution in [2.75, 3.05) is 33.3 Å². The summed E-state index contributed by atoms with van der Waals surface area (Å²) >= 11 is 6.17. The van der Waals surface area contributed by atoms with Crippen molar-refractivity contribution in [2.45, 2.75) is 44.2 Å². The van der Waals surface area contributed by atoms with Crippen LogP contribution in [0.3, 0.4) is 0 Å². The van der Waals surface area contributed by atoms with Crippen molar-refractivity contribution in [1.82, 2.24) is 9.80 Å². The molecular weight excluding hydrogens is 324 g/mol. The zero-order valence-electron chi connectivity index (χ0n) is 14.4. The van der Waals surface area contributed by atoms with Crippen molar-refractivity contribution in [3.8, 4) is 0 Å². The van der Waals surface area contributed by atoms with Crippen molar-refractivity contribution >= 4 is 17.5 Å².